The highest BCUT2D eigenvalue weighted by Crippen LogP contribution is 2.28. The van der Waals surface area contributed by atoms with Gasteiger partial charge in [-0.1, -0.05) is 41.4 Å². The van der Waals surface area contributed by atoms with E-state index in [4.69, 9.17) is 16.3 Å². The molecule has 0 fully saturated rings. The molecule has 0 unspecified atom stereocenters. The topological polar surface area (TPSA) is 81.5 Å². The lowest BCUT2D eigenvalue weighted by Crippen LogP contribution is -2.28. The summed E-state index contributed by atoms with van der Waals surface area (Å²) in [6, 6.07) is 11.6. The molecular weight excluding hydrogens is 320 g/mol. The lowest BCUT2D eigenvalue weighted by molar-refractivity contribution is -0.384. The number of hydrogen-bond acceptors (Lipinski definition) is 4. The van der Waals surface area contributed by atoms with Crippen LogP contribution in [-0.2, 0) is 11.3 Å². The molecule has 2 aromatic rings. The Balaban J connectivity index is 1.84. The zero-order valence-corrected chi connectivity index (χ0v) is 13.2. The van der Waals surface area contributed by atoms with E-state index in [-0.39, 0.29) is 29.0 Å². The van der Waals surface area contributed by atoms with Crippen molar-refractivity contribution >= 4 is 23.2 Å². The molecule has 1 N–H and O–H groups in total. The summed E-state index contributed by atoms with van der Waals surface area (Å²) < 4.78 is 5.27. The van der Waals surface area contributed by atoms with Crippen LogP contribution in [0.3, 0.4) is 0 Å². The smallest absolute Gasteiger partial charge is 0.271 e. The number of amides is 1. The number of ether oxygens (including phenoxy) is 1. The van der Waals surface area contributed by atoms with E-state index < -0.39 is 4.92 Å². The van der Waals surface area contributed by atoms with E-state index in [9.17, 15) is 14.9 Å². The van der Waals surface area contributed by atoms with Gasteiger partial charge in [0.05, 0.1) is 9.95 Å². The van der Waals surface area contributed by atoms with Crippen LogP contribution in [0.5, 0.6) is 5.75 Å². The third-order valence-corrected chi connectivity index (χ3v) is 3.39. The van der Waals surface area contributed by atoms with Gasteiger partial charge in [-0.15, -0.1) is 0 Å². The molecule has 0 saturated heterocycles. The Morgan fingerprint density at radius 1 is 1.26 bits per heavy atom. The number of rotatable bonds is 6. The minimum absolute atomic E-state index is 0.0885. The molecule has 0 aromatic heterocycles. The molecule has 0 saturated carbocycles. The Bertz CT molecular complexity index is 717. The molecule has 0 radical (unpaired) electrons. The minimum Gasteiger partial charge on any atom is -0.482 e. The summed E-state index contributed by atoms with van der Waals surface area (Å²) >= 11 is 5.88. The standard InChI is InChI=1S/C16H15ClN2O4/c1-11-2-4-12(5-3-11)9-18-16(20)10-23-15-7-6-13(19(21)22)8-14(15)17/h2-8H,9-10H2,1H3,(H,18,20). The highest BCUT2D eigenvalue weighted by atomic mass is 35.5. The lowest BCUT2D eigenvalue weighted by Gasteiger charge is -2.09. The molecule has 23 heavy (non-hydrogen) atoms. The Kier molecular flexibility index (Phi) is 5.54. The largest absolute Gasteiger partial charge is 0.482 e. The molecule has 0 spiro atoms. The summed E-state index contributed by atoms with van der Waals surface area (Å²) in [4.78, 5) is 21.8. The third-order valence-electron chi connectivity index (χ3n) is 3.10. The minimum atomic E-state index is -0.552. The van der Waals surface area contributed by atoms with E-state index in [1.54, 1.807) is 0 Å². The molecule has 2 rings (SSSR count). The monoisotopic (exact) mass is 334 g/mol. The number of aryl methyl sites for hydroxylation is 1. The van der Waals surface area contributed by atoms with E-state index in [0.717, 1.165) is 11.1 Å². The number of non-ortho nitro benzene ring substituents is 1. The Morgan fingerprint density at radius 3 is 2.57 bits per heavy atom. The molecule has 0 aliphatic carbocycles. The second-order valence-corrected chi connectivity index (χ2v) is 5.33. The van der Waals surface area contributed by atoms with Crippen LogP contribution in [0, 0.1) is 17.0 Å². The zero-order valence-electron chi connectivity index (χ0n) is 12.4. The van der Waals surface area contributed by atoms with E-state index >= 15 is 0 Å². The van der Waals surface area contributed by atoms with Gasteiger partial charge in [0, 0.05) is 18.7 Å². The first kappa shape index (κ1) is 16.8. The maximum atomic E-state index is 11.8. The van der Waals surface area contributed by atoms with E-state index in [0.29, 0.717) is 6.54 Å². The molecule has 120 valence electrons. The summed E-state index contributed by atoms with van der Waals surface area (Å²) in [5.41, 5.74) is 2.00. The van der Waals surface area contributed by atoms with Crippen LogP contribution in [0.25, 0.3) is 0 Å². The van der Waals surface area contributed by atoms with Crippen LogP contribution in [0.1, 0.15) is 11.1 Å². The van der Waals surface area contributed by atoms with Gasteiger partial charge in [0.2, 0.25) is 0 Å². The summed E-state index contributed by atoms with van der Waals surface area (Å²) in [5, 5.41) is 13.4. The second kappa shape index (κ2) is 7.60. The number of nitrogens with zero attached hydrogens (tertiary/aromatic N) is 1. The van der Waals surface area contributed by atoms with Crippen LogP contribution in [-0.4, -0.2) is 17.4 Å². The van der Waals surface area contributed by atoms with Crippen molar-refractivity contribution in [2.75, 3.05) is 6.61 Å². The first-order valence-corrected chi connectivity index (χ1v) is 7.22. The number of benzene rings is 2. The highest BCUT2D eigenvalue weighted by Gasteiger charge is 2.11. The molecular formula is C16H15ClN2O4. The number of nitrogens with one attached hydrogen (secondary N) is 1. The van der Waals surface area contributed by atoms with Gasteiger partial charge in [0.25, 0.3) is 11.6 Å². The molecule has 0 aliphatic rings. The van der Waals surface area contributed by atoms with Crippen LogP contribution in [0.4, 0.5) is 5.69 Å². The second-order valence-electron chi connectivity index (χ2n) is 4.92. The first-order chi connectivity index (χ1) is 11.0. The summed E-state index contributed by atoms with van der Waals surface area (Å²) in [6.45, 7) is 2.17. The fourth-order valence-corrected chi connectivity index (χ4v) is 2.05. The summed E-state index contributed by atoms with van der Waals surface area (Å²) in [6.07, 6.45) is 0. The van der Waals surface area contributed by atoms with Crippen molar-refractivity contribution in [2.45, 2.75) is 13.5 Å². The van der Waals surface area contributed by atoms with Crippen molar-refractivity contribution in [3.8, 4) is 5.75 Å². The molecule has 2 aromatic carbocycles. The Labute approximate surface area is 138 Å². The summed E-state index contributed by atoms with van der Waals surface area (Å²) in [5.74, 6) is -0.0808. The SMILES string of the molecule is Cc1ccc(CNC(=O)COc2ccc([N+](=O)[O-])cc2Cl)cc1. The van der Waals surface area contributed by atoms with Gasteiger partial charge >= 0.3 is 0 Å². The van der Waals surface area contributed by atoms with Crippen molar-refractivity contribution in [3.05, 3.63) is 68.7 Å². The number of carbonyl (C=O) groups excluding carboxylic acids is 1. The number of nitro benzene ring substituents is 1. The molecule has 0 bridgehead atoms. The predicted octanol–water partition coefficient (Wildman–Crippen LogP) is 3.25. The van der Waals surface area contributed by atoms with Crippen molar-refractivity contribution in [1.29, 1.82) is 0 Å². The van der Waals surface area contributed by atoms with Crippen LogP contribution in [0.15, 0.2) is 42.5 Å². The number of carbonyl (C=O) groups is 1. The quantitative estimate of drug-likeness (QED) is 0.649. The third kappa shape index (κ3) is 4.96. The fraction of sp³-hybridized carbons (Fsp3) is 0.188. The van der Waals surface area contributed by atoms with Gasteiger partial charge in [-0.05, 0) is 18.6 Å². The maximum absolute atomic E-state index is 11.8. The van der Waals surface area contributed by atoms with Gasteiger partial charge in [-0.3, -0.25) is 14.9 Å². The molecule has 1 amide bonds. The van der Waals surface area contributed by atoms with Crippen molar-refractivity contribution in [3.63, 3.8) is 0 Å². The Hall–Kier alpha value is -2.60. The van der Waals surface area contributed by atoms with Crippen molar-refractivity contribution < 1.29 is 14.5 Å². The van der Waals surface area contributed by atoms with Crippen LogP contribution >= 0.6 is 11.6 Å². The van der Waals surface area contributed by atoms with E-state index in [1.807, 2.05) is 31.2 Å². The molecule has 0 heterocycles. The van der Waals surface area contributed by atoms with Crippen molar-refractivity contribution in [1.82, 2.24) is 5.32 Å². The van der Waals surface area contributed by atoms with Crippen LogP contribution in [0.2, 0.25) is 5.02 Å². The number of halogens is 1. The molecule has 6 nitrogen and oxygen atoms in total. The van der Waals surface area contributed by atoms with E-state index in [2.05, 4.69) is 5.32 Å². The fourth-order valence-electron chi connectivity index (χ4n) is 1.82. The molecule has 7 heteroatoms. The van der Waals surface area contributed by atoms with Crippen molar-refractivity contribution in [2.24, 2.45) is 0 Å². The average Bonchev–Trinajstić information content (AvgIpc) is 2.53. The van der Waals surface area contributed by atoms with E-state index in [1.165, 1.54) is 18.2 Å². The highest BCUT2D eigenvalue weighted by molar-refractivity contribution is 6.32. The summed E-state index contributed by atoms with van der Waals surface area (Å²) in [7, 11) is 0. The Morgan fingerprint density at radius 2 is 1.96 bits per heavy atom. The first-order valence-electron chi connectivity index (χ1n) is 6.84. The maximum Gasteiger partial charge on any atom is 0.271 e. The van der Waals surface area contributed by atoms with Gasteiger partial charge in [0.1, 0.15) is 5.75 Å². The number of hydrogen-bond donors (Lipinski definition) is 1. The van der Waals surface area contributed by atoms with Crippen LogP contribution < -0.4 is 10.1 Å². The molecule has 0 atom stereocenters. The predicted molar refractivity (Wildman–Crippen MR) is 86.6 cm³/mol. The normalized spacial score (nSPS) is 10.2. The van der Waals surface area contributed by atoms with Gasteiger partial charge < -0.3 is 10.1 Å². The zero-order chi connectivity index (χ0) is 16.8. The average molecular weight is 335 g/mol. The number of nitro groups is 1. The van der Waals surface area contributed by atoms with Gasteiger partial charge in [0.15, 0.2) is 6.61 Å². The molecule has 0 aliphatic heterocycles. The van der Waals surface area contributed by atoms with Gasteiger partial charge in [-0.25, -0.2) is 0 Å². The lowest BCUT2D eigenvalue weighted by atomic mass is 10.1. The van der Waals surface area contributed by atoms with Gasteiger partial charge in [-0.2, -0.15) is 0 Å².